The van der Waals surface area contributed by atoms with Gasteiger partial charge in [0.1, 0.15) is 5.78 Å². The third-order valence-corrected chi connectivity index (χ3v) is 3.07. The molecular formula is C12H15NO. The van der Waals surface area contributed by atoms with Crippen molar-refractivity contribution in [3.8, 4) is 0 Å². The molecule has 1 aliphatic carbocycles. The highest BCUT2D eigenvalue weighted by Crippen LogP contribution is 2.49. The zero-order valence-electron chi connectivity index (χ0n) is 8.71. The number of Topliss-reactive ketones (excluding diaryl/α,β-unsaturated/α-hetero) is 1. The van der Waals surface area contributed by atoms with Crippen LogP contribution in [0.15, 0.2) is 18.5 Å². The number of pyridine rings is 1. The van der Waals surface area contributed by atoms with Gasteiger partial charge in [-0.1, -0.05) is 6.07 Å². The van der Waals surface area contributed by atoms with Crippen LogP contribution in [0.4, 0.5) is 0 Å². The summed E-state index contributed by atoms with van der Waals surface area (Å²) in [6.07, 6.45) is 6.69. The zero-order chi connectivity index (χ0) is 10.2. The lowest BCUT2D eigenvalue weighted by atomic mass is 9.93. The predicted octanol–water partition coefficient (Wildman–Crippen LogP) is 2.30. The second-order valence-corrected chi connectivity index (χ2v) is 4.38. The van der Waals surface area contributed by atoms with Gasteiger partial charge < -0.3 is 0 Å². The summed E-state index contributed by atoms with van der Waals surface area (Å²) < 4.78 is 0. The summed E-state index contributed by atoms with van der Waals surface area (Å²) in [6.45, 7) is 3.74. The van der Waals surface area contributed by atoms with Crippen molar-refractivity contribution in [3.63, 3.8) is 0 Å². The third-order valence-electron chi connectivity index (χ3n) is 3.07. The van der Waals surface area contributed by atoms with Crippen LogP contribution in [0.3, 0.4) is 0 Å². The van der Waals surface area contributed by atoms with Crippen molar-refractivity contribution >= 4 is 5.78 Å². The lowest BCUT2D eigenvalue weighted by Gasteiger charge is -2.10. The van der Waals surface area contributed by atoms with Crippen molar-refractivity contribution in [2.75, 3.05) is 0 Å². The molecule has 0 radical (unpaired) electrons. The Morgan fingerprint density at radius 2 is 2.21 bits per heavy atom. The van der Waals surface area contributed by atoms with Crippen molar-refractivity contribution in [3.05, 3.63) is 29.6 Å². The Labute approximate surface area is 84.4 Å². The Morgan fingerprint density at radius 1 is 1.50 bits per heavy atom. The van der Waals surface area contributed by atoms with E-state index in [4.69, 9.17) is 0 Å². The maximum atomic E-state index is 11.4. The summed E-state index contributed by atoms with van der Waals surface area (Å²) in [7, 11) is 0. The Hall–Kier alpha value is -1.18. The van der Waals surface area contributed by atoms with E-state index in [1.54, 1.807) is 6.92 Å². The average molecular weight is 189 g/mol. The average Bonchev–Trinajstić information content (AvgIpc) is 2.85. The van der Waals surface area contributed by atoms with Crippen LogP contribution in [0, 0.1) is 12.3 Å². The summed E-state index contributed by atoms with van der Waals surface area (Å²) in [5.74, 6) is 0.332. The number of carbonyl (C=O) groups excluding carboxylic acids is 1. The van der Waals surface area contributed by atoms with Gasteiger partial charge in [-0.2, -0.15) is 0 Å². The number of hydrogen-bond donors (Lipinski definition) is 0. The first kappa shape index (κ1) is 9.38. The highest BCUT2D eigenvalue weighted by Gasteiger charge is 2.46. The van der Waals surface area contributed by atoms with Gasteiger partial charge in [-0.25, -0.2) is 0 Å². The molecule has 1 aliphatic rings. The zero-order valence-corrected chi connectivity index (χ0v) is 8.71. The monoisotopic (exact) mass is 189 g/mol. The van der Waals surface area contributed by atoms with Gasteiger partial charge >= 0.3 is 0 Å². The van der Waals surface area contributed by atoms with Gasteiger partial charge in [-0.3, -0.25) is 9.78 Å². The summed E-state index contributed by atoms with van der Waals surface area (Å²) in [5, 5.41) is 0. The summed E-state index contributed by atoms with van der Waals surface area (Å²) >= 11 is 0. The first-order chi connectivity index (χ1) is 6.62. The van der Waals surface area contributed by atoms with Crippen molar-refractivity contribution in [1.29, 1.82) is 0 Å². The van der Waals surface area contributed by atoms with E-state index in [0.29, 0.717) is 5.78 Å². The molecular weight excluding hydrogens is 174 g/mol. The van der Waals surface area contributed by atoms with E-state index in [0.717, 1.165) is 19.3 Å². The SMILES string of the molecule is CC(=O)C1(Cc2cncc(C)c2)CC1. The summed E-state index contributed by atoms with van der Waals surface area (Å²) in [4.78, 5) is 15.5. The highest BCUT2D eigenvalue weighted by molar-refractivity contribution is 5.85. The fourth-order valence-corrected chi connectivity index (χ4v) is 1.91. The number of aromatic nitrogens is 1. The van der Waals surface area contributed by atoms with E-state index in [2.05, 4.69) is 11.1 Å². The van der Waals surface area contributed by atoms with Crippen molar-refractivity contribution in [2.45, 2.75) is 33.1 Å². The smallest absolute Gasteiger partial charge is 0.136 e. The summed E-state index contributed by atoms with van der Waals surface area (Å²) in [5.41, 5.74) is 2.33. The molecule has 2 heteroatoms. The largest absolute Gasteiger partial charge is 0.299 e. The first-order valence-electron chi connectivity index (χ1n) is 5.04. The third kappa shape index (κ3) is 1.69. The number of carbonyl (C=O) groups is 1. The molecule has 1 fully saturated rings. The molecule has 14 heavy (non-hydrogen) atoms. The van der Waals surface area contributed by atoms with Gasteiger partial charge in [0.05, 0.1) is 0 Å². The van der Waals surface area contributed by atoms with Gasteiger partial charge in [-0.15, -0.1) is 0 Å². The topological polar surface area (TPSA) is 30.0 Å². The molecule has 74 valence electrons. The van der Waals surface area contributed by atoms with Crippen molar-refractivity contribution in [2.24, 2.45) is 5.41 Å². The minimum atomic E-state index is -0.0323. The standard InChI is InChI=1S/C12H15NO/c1-9-5-11(8-13-7-9)6-12(3-4-12)10(2)14/h5,7-8H,3-4,6H2,1-2H3. The molecule has 1 heterocycles. The van der Waals surface area contributed by atoms with Crippen LogP contribution in [-0.4, -0.2) is 10.8 Å². The molecule has 0 saturated heterocycles. The molecule has 0 spiro atoms. The molecule has 0 aliphatic heterocycles. The summed E-state index contributed by atoms with van der Waals surface area (Å²) in [6, 6.07) is 2.12. The van der Waals surface area contributed by atoms with Crippen LogP contribution >= 0.6 is 0 Å². The van der Waals surface area contributed by atoms with Crippen molar-refractivity contribution in [1.82, 2.24) is 4.98 Å². The first-order valence-corrected chi connectivity index (χ1v) is 5.04. The molecule has 1 aromatic rings. The number of aryl methyl sites for hydroxylation is 1. The van der Waals surface area contributed by atoms with Crippen LogP contribution < -0.4 is 0 Å². The quantitative estimate of drug-likeness (QED) is 0.730. The number of rotatable bonds is 3. The molecule has 0 atom stereocenters. The second kappa shape index (κ2) is 3.19. The molecule has 2 rings (SSSR count). The van der Waals surface area contributed by atoms with Crippen LogP contribution in [0.25, 0.3) is 0 Å². The van der Waals surface area contributed by atoms with E-state index >= 15 is 0 Å². The van der Waals surface area contributed by atoms with E-state index in [1.165, 1.54) is 11.1 Å². The van der Waals surface area contributed by atoms with E-state index < -0.39 is 0 Å². The molecule has 0 N–H and O–H groups in total. The van der Waals surface area contributed by atoms with Gasteiger partial charge in [0.2, 0.25) is 0 Å². The van der Waals surface area contributed by atoms with Crippen molar-refractivity contribution < 1.29 is 4.79 Å². The fraction of sp³-hybridized carbons (Fsp3) is 0.500. The maximum Gasteiger partial charge on any atom is 0.136 e. The number of nitrogens with zero attached hydrogens (tertiary/aromatic N) is 1. The van der Waals surface area contributed by atoms with Gasteiger partial charge in [-0.05, 0) is 44.2 Å². The lowest BCUT2D eigenvalue weighted by molar-refractivity contribution is -0.121. The van der Waals surface area contributed by atoms with Crippen LogP contribution in [-0.2, 0) is 11.2 Å². The Kier molecular flexibility index (Phi) is 2.14. The van der Waals surface area contributed by atoms with Gasteiger partial charge in [0.25, 0.3) is 0 Å². The number of hydrogen-bond acceptors (Lipinski definition) is 2. The molecule has 2 nitrogen and oxygen atoms in total. The molecule has 0 bridgehead atoms. The second-order valence-electron chi connectivity index (χ2n) is 4.38. The minimum absolute atomic E-state index is 0.0323. The molecule has 1 aromatic heterocycles. The highest BCUT2D eigenvalue weighted by atomic mass is 16.1. The van der Waals surface area contributed by atoms with Gasteiger partial charge in [0, 0.05) is 17.8 Å². The molecule has 1 saturated carbocycles. The predicted molar refractivity (Wildman–Crippen MR) is 55.0 cm³/mol. The van der Waals surface area contributed by atoms with E-state index in [-0.39, 0.29) is 5.41 Å². The van der Waals surface area contributed by atoms with E-state index in [1.807, 2.05) is 19.3 Å². The minimum Gasteiger partial charge on any atom is -0.299 e. The normalized spacial score (nSPS) is 17.9. The Morgan fingerprint density at radius 3 is 2.71 bits per heavy atom. The lowest BCUT2D eigenvalue weighted by Crippen LogP contribution is -2.15. The number of ketones is 1. The van der Waals surface area contributed by atoms with Crippen LogP contribution in [0.1, 0.15) is 30.9 Å². The van der Waals surface area contributed by atoms with Crippen LogP contribution in [0.2, 0.25) is 0 Å². The van der Waals surface area contributed by atoms with Crippen LogP contribution in [0.5, 0.6) is 0 Å². The van der Waals surface area contributed by atoms with E-state index in [9.17, 15) is 4.79 Å². The molecule has 0 amide bonds. The van der Waals surface area contributed by atoms with Gasteiger partial charge in [0.15, 0.2) is 0 Å². The molecule has 0 aromatic carbocycles. The maximum absolute atomic E-state index is 11.4. The molecule has 0 unspecified atom stereocenters. The Balaban J connectivity index is 2.15. The Bertz CT molecular complexity index is 366. The fourth-order valence-electron chi connectivity index (χ4n) is 1.91.